The molecule has 8 nitrogen and oxygen atoms in total. The number of piperidine rings is 1. The van der Waals surface area contributed by atoms with E-state index >= 15 is 0 Å². The first kappa shape index (κ1) is 19.8. The summed E-state index contributed by atoms with van der Waals surface area (Å²) in [7, 11) is -1.70. The number of anilines is 1. The van der Waals surface area contributed by atoms with E-state index in [2.05, 4.69) is 5.32 Å². The summed E-state index contributed by atoms with van der Waals surface area (Å²) < 4.78 is 30.2. The maximum Gasteiger partial charge on any atom is 0.290 e. The van der Waals surface area contributed by atoms with Gasteiger partial charge in [0.15, 0.2) is 0 Å². The summed E-state index contributed by atoms with van der Waals surface area (Å²) in [5.41, 5.74) is 0.787. The Morgan fingerprint density at radius 1 is 1.33 bits per heavy atom. The number of rotatable bonds is 5. The van der Waals surface area contributed by atoms with Gasteiger partial charge in [-0.25, -0.2) is 13.1 Å². The number of hydrogen-bond donors (Lipinski definition) is 1. The van der Waals surface area contributed by atoms with Gasteiger partial charge >= 0.3 is 0 Å². The number of nitrogens with one attached hydrogen (secondary N) is 1. The fraction of sp³-hybridized carbons (Fsp3) is 0.529. The fourth-order valence-electron chi connectivity index (χ4n) is 3.38. The lowest BCUT2D eigenvalue weighted by atomic mass is 9.97. The molecule has 1 amide bonds. The zero-order valence-electron chi connectivity index (χ0n) is 15.6. The third kappa shape index (κ3) is 3.61. The Morgan fingerprint density at radius 2 is 2.00 bits per heavy atom. The first-order valence-corrected chi connectivity index (χ1v) is 11.2. The predicted octanol–water partition coefficient (Wildman–Crippen LogP) is 1.62. The molecule has 3 rings (SSSR count). The molecule has 1 fully saturated rings. The van der Waals surface area contributed by atoms with Crippen LogP contribution in [0.25, 0.3) is 0 Å². The molecule has 1 aliphatic heterocycles. The van der Waals surface area contributed by atoms with E-state index in [9.17, 15) is 18.0 Å². The molecule has 2 aromatic heterocycles. The normalized spacial score (nSPS) is 16.6. The number of nitrogens with zero attached hydrogens (tertiary/aromatic N) is 3. The zero-order chi connectivity index (χ0) is 19.8. The Hall–Kier alpha value is -1.91. The quantitative estimate of drug-likeness (QED) is 0.807. The summed E-state index contributed by atoms with van der Waals surface area (Å²) >= 11 is 1.19. The second-order valence-electron chi connectivity index (χ2n) is 6.60. The summed E-state index contributed by atoms with van der Waals surface area (Å²) in [5.74, 6) is -0.536. The minimum atomic E-state index is -3.48. The topological polar surface area (TPSA) is 93.4 Å². The van der Waals surface area contributed by atoms with E-state index in [0.29, 0.717) is 48.1 Å². The Labute approximate surface area is 162 Å². The fourth-order valence-corrected chi connectivity index (χ4v) is 6.00. The molecule has 0 saturated carbocycles. The van der Waals surface area contributed by atoms with Crippen LogP contribution in [-0.2, 0) is 28.4 Å². The standard InChI is InChI=1S/C17H24N4O4S2/c1-4-21-17(23)15(12(2)19(21)3)18-16(22)13-7-9-20(10-8-13)27(24,25)14-6-5-11-26-14/h5-6,11,13H,4,7-10H2,1-3H3,(H,18,22). The van der Waals surface area contributed by atoms with Crippen LogP contribution in [-0.4, -0.2) is 41.1 Å². The van der Waals surface area contributed by atoms with Gasteiger partial charge in [0.25, 0.3) is 15.6 Å². The smallest absolute Gasteiger partial charge is 0.290 e. The Balaban J connectivity index is 1.67. The molecule has 1 aliphatic rings. The Bertz CT molecular complexity index is 981. The van der Waals surface area contributed by atoms with Gasteiger partial charge in [-0.15, -0.1) is 11.3 Å². The second kappa shape index (κ2) is 7.61. The molecule has 0 spiro atoms. The molecule has 3 heterocycles. The van der Waals surface area contributed by atoms with E-state index < -0.39 is 10.0 Å². The lowest BCUT2D eigenvalue weighted by Crippen LogP contribution is -2.41. The number of carbonyl (C=O) groups is 1. The van der Waals surface area contributed by atoms with Gasteiger partial charge in [0.1, 0.15) is 9.90 Å². The lowest BCUT2D eigenvalue weighted by molar-refractivity contribution is -0.120. The van der Waals surface area contributed by atoms with Crippen LogP contribution < -0.4 is 10.9 Å². The maximum absolute atomic E-state index is 12.6. The van der Waals surface area contributed by atoms with E-state index in [4.69, 9.17) is 0 Å². The van der Waals surface area contributed by atoms with Crippen molar-refractivity contribution in [1.82, 2.24) is 13.7 Å². The van der Waals surface area contributed by atoms with Gasteiger partial charge in [-0.05, 0) is 38.1 Å². The molecular formula is C17H24N4O4S2. The van der Waals surface area contributed by atoms with Gasteiger partial charge in [-0.3, -0.25) is 14.3 Å². The monoisotopic (exact) mass is 412 g/mol. The highest BCUT2D eigenvalue weighted by Gasteiger charge is 2.33. The summed E-state index contributed by atoms with van der Waals surface area (Å²) in [5, 5.41) is 4.50. The third-order valence-corrected chi connectivity index (χ3v) is 8.39. The van der Waals surface area contributed by atoms with Crippen LogP contribution in [0.3, 0.4) is 0 Å². The van der Waals surface area contributed by atoms with Crippen LogP contribution in [0.5, 0.6) is 0 Å². The number of hydrogen-bond acceptors (Lipinski definition) is 5. The first-order chi connectivity index (χ1) is 12.8. The van der Waals surface area contributed by atoms with E-state index in [1.54, 1.807) is 40.8 Å². The van der Waals surface area contributed by atoms with E-state index in [1.807, 2.05) is 6.92 Å². The minimum absolute atomic E-state index is 0.219. The Kier molecular flexibility index (Phi) is 5.59. The van der Waals surface area contributed by atoms with Gasteiger partial charge < -0.3 is 5.32 Å². The highest BCUT2D eigenvalue weighted by Crippen LogP contribution is 2.27. The number of carbonyl (C=O) groups excluding carboxylic acids is 1. The second-order valence-corrected chi connectivity index (χ2v) is 9.72. The van der Waals surface area contributed by atoms with Crippen molar-refractivity contribution in [1.29, 1.82) is 0 Å². The minimum Gasteiger partial charge on any atom is -0.320 e. The molecule has 148 valence electrons. The van der Waals surface area contributed by atoms with Gasteiger partial charge in [0.05, 0.1) is 5.69 Å². The van der Waals surface area contributed by atoms with Crippen molar-refractivity contribution in [2.75, 3.05) is 18.4 Å². The largest absolute Gasteiger partial charge is 0.320 e. The van der Waals surface area contributed by atoms with Crippen molar-refractivity contribution in [2.24, 2.45) is 13.0 Å². The average molecular weight is 413 g/mol. The van der Waals surface area contributed by atoms with Crippen molar-refractivity contribution in [3.05, 3.63) is 33.6 Å². The molecule has 0 aromatic carbocycles. The van der Waals surface area contributed by atoms with Crippen LogP contribution in [0.1, 0.15) is 25.5 Å². The SMILES string of the molecule is CCn1c(=O)c(NC(=O)C2CCN(S(=O)(=O)c3cccs3)CC2)c(C)n1C. The lowest BCUT2D eigenvalue weighted by Gasteiger charge is -2.30. The molecular weight excluding hydrogens is 388 g/mol. The van der Waals surface area contributed by atoms with E-state index in [1.165, 1.54) is 15.6 Å². The number of thiophene rings is 1. The summed E-state index contributed by atoms with van der Waals surface area (Å²) in [6.45, 7) is 4.77. The molecule has 0 unspecified atom stereocenters. The van der Waals surface area contributed by atoms with Gasteiger partial charge in [-0.2, -0.15) is 4.31 Å². The number of aromatic nitrogens is 2. The molecule has 0 radical (unpaired) electrons. The maximum atomic E-state index is 12.6. The molecule has 10 heteroatoms. The molecule has 0 atom stereocenters. The number of amides is 1. The van der Waals surface area contributed by atoms with E-state index in [-0.39, 0.29) is 17.4 Å². The van der Waals surface area contributed by atoms with Crippen molar-refractivity contribution in [3.8, 4) is 0 Å². The summed E-state index contributed by atoms with van der Waals surface area (Å²) in [4.78, 5) is 25.0. The molecule has 27 heavy (non-hydrogen) atoms. The first-order valence-electron chi connectivity index (χ1n) is 8.88. The molecule has 0 bridgehead atoms. The zero-order valence-corrected chi connectivity index (χ0v) is 17.3. The van der Waals surface area contributed by atoms with Crippen LogP contribution in [0, 0.1) is 12.8 Å². The van der Waals surface area contributed by atoms with E-state index in [0.717, 1.165) is 0 Å². The van der Waals surface area contributed by atoms with Crippen molar-refractivity contribution < 1.29 is 13.2 Å². The molecule has 2 aromatic rings. The van der Waals surface area contributed by atoms with Crippen molar-refractivity contribution in [3.63, 3.8) is 0 Å². The molecule has 1 N–H and O–H groups in total. The van der Waals surface area contributed by atoms with Gasteiger partial charge in [-0.1, -0.05) is 6.07 Å². The summed E-state index contributed by atoms with van der Waals surface area (Å²) in [6.07, 6.45) is 0.870. The van der Waals surface area contributed by atoms with Gasteiger partial charge in [0, 0.05) is 32.6 Å². The highest BCUT2D eigenvalue weighted by molar-refractivity contribution is 7.91. The van der Waals surface area contributed by atoms with Crippen LogP contribution in [0.2, 0.25) is 0 Å². The molecule has 1 saturated heterocycles. The van der Waals surface area contributed by atoms with Crippen LogP contribution in [0.15, 0.2) is 26.5 Å². The predicted molar refractivity (Wildman–Crippen MR) is 105 cm³/mol. The van der Waals surface area contributed by atoms with Crippen molar-refractivity contribution in [2.45, 2.75) is 37.4 Å². The van der Waals surface area contributed by atoms with Gasteiger partial charge in [0.2, 0.25) is 5.91 Å². The number of sulfonamides is 1. The summed E-state index contributed by atoms with van der Waals surface area (Å²) in [6, 6.07) is 3.30. The average Bonchev–Trinajstić information content (AvgIpc) is 3.26. The van der Waals surface area contributed by atoms with Crippen LogP contribution in [0.4, 0.5) is 5.69 Å². The van der Waals surface area contributed by atoms with Crippen molar-refractivity contribution >= 4 is 33.0 Å². The molecule has 0 aliphatic carbocycles. The Morgan fingerprint density at radius 3 is 2.52 bits per heavy atom. The highest BCUT2D eigenvalue weighted by atomic mass is 32.2. The van der Waals surface area contributed by atoms with Crippen LogP contribution >= 0.6 is 11.3 Å². The third-order valence-electron chi connectivity index (χ3n) is 5.12.